The van der Waals surface area contributed by atoms with E-state index in [4.69, 9.17) is 14.7 Å². The van der Waals surface area contributed by atoms with E-state index in [9.17, 15) is 0 Å². The number of hydrogen-bond donors (Lipinski definition) is 1. The van der Waals surface area contributed by atoms with Crippen LogP contribution in [0.1, 0.15) is 25.0 Å². The molecule has 5 nitrogen and oxygen atoms in total. The minimum absolute atomic E-state index is 0.642. The van der Waals surface area contributed by atoms with Crippen molar-refractivity contribution in [3.63, 3.8) is 0 Å². The van der Waals surface area contributed by atoms with E-state index >= 15 is 0 Å². The maximum atomic E-state index is 8.85. The Balaban J connectivity index is 0.00000100. The number of rotatable bonds is 4. The van der Waals surface area contributed by atoms with Crippen LogP contribution in [0.5, 0.6) is 11.5 Å². The van der Waals surface area contributed by atoms with Gasteiger partial charge in [-0.3, -0.25) is 0 Å². The van der Waals surface area contributed by atoms with Gasteiger partial charge in [-0.05, 0) is 23.8 Å². The summed E-state index contributed by atoms with van der Waals surface area (Å²) < 4.78 is 10.9. The molecule has 5 heteroatoms. The molecule has 3 rings (SSSR count). The van der Waals surface area contributed by atoms with Crippen molar-refractivity contribution >= 4 is 11.9 Å². The lowest BCUT2D eigenvalue weighted by Crippen LogP contribution is -2.33. The van der Waals surface area contributed by atoms with Crippen molar-refractivity contribution in [2.75, 3.05) is 25.2 Å². The van der Waals surface area contributed by atoms with Gasteiger partial charge in [-0.15, -0.1) is 0 Å². The summed E-state index contributed by atoms with van der Waals surface area (Å²) in [6.07, 6.45) is 1.44. The molecule has 1 aliphatic heterocycles. The number of para-hydroxylation sites is 1. The minimum Gasteiger partial charge on any atom is -0.497 e. The van der Waals surface area contributed by atoms with Crippen LogP contribution in [-0.2, 0) is 6.54 Å². The fraction of sp³-hybridized carbons (Fsp3) is 0.316. The highest BCUT2D eigenvalue weighted by molar-refractivity contribution is 5.90. The molecule has 1 aliphatic rings. The van der Waals surface area contributed by atoms with E-state index in [0.717, 1.165) is 35.8 Å². The lowest BCUT2D eigenvalue weighted by molar-refractivity contribution is 0.306. The molecule has 2 aromatic carbocycles. The molecule has 0 spiro atoms. The van der Waals surface area contributed by atoms with Gasteiger partial charge in [-0.25, -0.2) is 0 Å². The fourth-order valence-electron chi connectivity index (χ4n) is 2.65. The Labute approximate surface area is 143 Å². The second-order valence-electron chi connectivity index (χ2n) is 5.06. The van der Waals surface area contributed by atoms with Crippen LogP contribution in [0.4, 0.5) is 5.69 Å². The van der Waals surface area contributed by atoms with E-state index in [1.807, 2.05) is 44.2 Å². The van der Waals surface area contributed by atoms with Crippen LogP contribution in [0, 0.1) is 0 Å². The van der Waals surface area contributed by atoms with Gasteiger partial charge in [0.25, 0.3) is 0 Å². The standard InChI is InChI=1S/C17H18N2O3.C2H6/c1-21-15-7-5-13(6-8-15)12-19-9-10-22-16-4-2-3-14(11-18-20)17(16)19;1-2/h2-8,11,20H,9-10,12H2,1H3;1-2H3/b18-11+;. The van der Waals surface area contributed by atoms with E-state index in [0.29, 0.717) is 6.61 Å². The molecule has 0 amide bonds. The van der Waals surface area contributed by atoms with Gasteiger partial charge in [-0.1, -0.05) is 43.3 Å². The molecule has 24 heavy (non-hydrogen) atoms. The number of oxime groups is 1. The highest BCUT2D eigenvalue weighted by Crippen LogP contribution is 2.35. The second kappa shape index (κ2) is 8.82. The van der Waals surface area contributed by atoms with Crippen LogP contribution in [0.25, 0.3) is 0 Å². The first kappa shape index (κ1) is 17.7. The summed E-state index contributed by atoms with van der Waals surface area (Å²) in [6, 6.07) is 13.8. The molecule has 0 unspecified atom stereocenters. The second-order valence-corrected chi connectivity index (χ2v) is 5.06. The quantitative estimate of drug-likeness (QED) is 0.525. The lowest BCUT2D eigenvalue weighted by Gasteiger charge is -2.32. The average molecular weight is 328 g/mol. The number of methoxy groups -OCH3 is 1. The van der Waals surface area contributed by atoms with Crippen LogP contribution >= 0.6 is 0 Å². The number of nitrogens with zero attached hydrogens (tertiary/aromatic N) is 2. The summed E-state index contributed by atoms with van der Waals surface area (Å²) in [5.74, 6) is 1.66. The summed E-state index contributed by atoms with van der Waals surface area (Å²) in [4.78, 5) is 2.23. The van der Waals surface area contributed by atoms with Crippen LogP contribution in [0.2, 0.25) is 0 Å². The number of hydrogen-bond acceptors (Lipinski definition) is 5. The van der Waals surface area contributed by atoms with Gasteiger partial charge >= 0.3 is 0 Å². The predicted octanol–water partition coefficient (Wildman–Crippen LogP) is 3.93. The topological polar surface area (TPSA) is 54.3 Å². The smallest absolute Gasteiger partial charge is 0.143 e. The Bertz CT molecular complexity index is 669. The van der Waals surface area contributed by atoms with Crippen LogP contribution in [0.15, 0.2) is 47.6 Å². The average Bonchev–Trinajstić information content (AvgIpc) is 2.65. The molecular weight excluding hydrogens is 304 g/mol. The molecule has 0 saturated carbocycles. The van der Waals surface area contributed by atoms with Crippen molar-refractivity contribution < 1.29 is 14.7 Å². The van der Waals surface area contributed by atoms with Crippen molar-refractivity contribution in [2.24, 2.45) is 5.16 Å². The third-order valence-corrected chi connectivity index (χ3v) is 3.69. The third-order valence-electron chi connectivity index (χ3n) is 3.69. The highest BCUT2D eigenvalue weighted by atomic mass is 16.5. The van der Waals surface area contributed by atoms with Gasteiger partial charge in [0.1, 0.15) is 18.1 Å². The van der Waals surface area contributed by atoms with Crippen molar-refractivity contribution in [3.8, 4) is 11.5 Å². The highest BCUT2D eigenvalue weighted by Gasteiger charge is 2.21. The van der Waals surface area contributed by atoms with Gasteiger partial charge in [-0.2, -0.15) is 0 Å². The largest absolute Gasteiger partial charge is 0.497 e. The van der Waals surface area contributed by atoms with Crippen LogP contribution in [0.3, 0.4) is 0 Å². The molecule has 0 bridgehead atoms. The number of anilines is 1. The van der Waals surface area contributed by atoms with E-state index in [1.165, 1.54) is 11.8 Å². The molecule has 0 saturated heterocycles. The van der Waals surface area contributed by atoms with E-state index in [1.54, 1.807) is 7.11 Å². The van der Waals surface area contributed by atoms with Crippen molar-refractivity contribution in [2.45, 2.75) is 20.4 Å². The molecular formula is C19H24N2O3. The summed E-state index contributed by atoms with van der Waals surface area (Å²) in [7, 11) is 1.66. The maximum Gasteiger partial charge on any atom is 0.143 e. The zero-order chi connectivity index (χ0) is 17.4. The van der Waals surface area contributed by atoms with Crippen LogP contribution in [-0.4, -0.2) is 31.7 Å². The summed E-state index contributed by atoms with van der Waals surface area (Å²) in [5, 5.41) is 12.0. The van der Waals surface area contributed by atoms with Gasteiger partial charge < -0.3 is 19.6 Å². The van der Waals surface area contributed by atoms with Crippen molar-refractivity contribution in [1.82, 2.24) is 0 Å². The zero-order valence-corrected chi connectivity index (χ0v) is 14.4. The molecule has 0 aromatic heterocycles. The van der Waals surface area contributed by atoms with Crippen molar-refractivity contribution in [1.29, 1.82) is 0 Å². The first-order chi connectivity index (χ1) is 11.8. The molecule has 2 aromatic rings. The minimum atomic E-state index is 0.642. The summed E-state index contributed by atoms with van der Waals surface area (Å²) >= 11 is 0. The SMILES string of the molecule is CC.COc1ccc(CN2CCOc3cccc(/C=N/O)c32)cc1. The number of fused-ring (bicyclic) bond motifs is 1. The summed E-state index contributed by atoms with van der Waals surface area (Å²) in [6.45, 7) is 6.19. The van der Waals surface area contributed by atoms with E-state index in [2.05, 4.69) is 22.2 Å². The Morgan fingerprint density at radius 2 is 1.96 bits per heavy atom. The molecule has 1 heterocycles. The Hall–Kier alpha value is -2.69. The third kappa shape index (κ3) is 3.98. The fourth-order valence-corrected chi connectivity index (χ4v) is 2.65. The zero-order valence-electron chi connectivity index (χ0n) is 14.4. The Morgan fingerprint density at radius 3 is 2.62 bits per heavy atom. The normalized spacial score (nSPS) is 12.9. The lowest BCUT2D eigenvalue weighted by atomic mass is 10.1. The predicted molar refractivity (Wildman–Crippen MR) is 96.7 cm³/mol. The Kier molecular flexibility index (Phi) is 6.49. The number of benzene rings is 2. The molecule has 0 aliphatic carbocycles. The molecule has 1 N–H and O–H groups in total. The van der Waals surface area contributed by atoms with Gasteiger partial charge in [0, 0.05) is 12.1 Å². The van der Waals surface area contributed by atoms with Crippen LogP contribution < -0.4 is 14.4 Å². The molecule has 128 valence electrons. The number of ether oxygens (including phenoxy) is 2. The molecule has 0 atom stereocenters. The first-order valence-corrected chi connectivity index (χ1v) is 8.13. The molecule has 0 fully saturated rings. The molecule has 0 radical (unpaired) electrons. The van der Waals surface area contributed by atoms with E-state index in [-0.39, 0.29) is 0 Å². The van der Waals surface area contributed by atoms with Gasteiger partial charge in [0.15, 0.2) is 0 Å². The monoisotopic (exact) mass is 328 g/mol. The first-order valence-electron chi connectivity index (χ1n) is 8.13. The van der Waals surface area contributed by atoms with Gasteiger partial charge in [0.05, 0.1) is 25.6 Å². The van der Waals surface area contributed by atoms with Crippen molar-refractivity contribution in [3.05, 3.63) is 53.6 Å². The van der Waals surface area contributed by atoms with Gasteiger partial charge in [0.2, 0.25) is 0 Å². The Morgan fingerprint density at radius 1 is 1.21 bits per heavy atom. The summed E-state index contributed by atoms with van der Waals surface area (Å²) in [5.41, 5.74) is 2.99. The van der Waals surface area contributed by atoms with E-state index < -0.39 is 0 Å². The maximum absolute atomic E-state index is 8.85.